The molecule has 1 aliphatic heterocycles. The SMILES string of the molecule is CCCCOc1ccc(C(=O)NC[C@@H](C(=O)NO)N2CCN(S(C)(=O)=O)CC2)cc1. The maximum absolute atomic E-state index is 12.4. The topological polar surface area (TPSA) is 128 Å². The van der Waals surface area contributed by atoms with E-state index in [0.29, 0.717) is 31.0 Å². The molecule has 1 aromatic rings. The summed E-state index contributed by atoms with van der Waals surface area (Å²) >= 11 is 0. The molecule has 2 amide bonds. The smallest absolute Gasteiger partial charge is 0.262 e. The fourth-order valence-corrected chi connectivity index (χ4v) is 3.96. The number of hydroxylamine groups is 1. The van der Waals surface area contributed by atoms with Crippen molar-refractivity contribution in [3.8, 4) is 5.75 Å². The van der Waals surface area contributed by atoms with E-state index in [2.05, 4.69) is 12.2 Å². The quantitative estimate of drug-likeness (QED) is 0.265. The Morgan fingerprint density at radius 1 is 1.17 bits per heavy atom. The normalized spacial score (nSPS) is 16.6. The number of carbonyl (C=O) groups excluding carboxylic acids is 2. The fraction of sp³-hybridized carbons (Fsp3) is 0.579. The van der Waals surface area contributed by atoms with E-state index >= 15 is 0 Å². The molecule has 1 heterocycles. The lowest BCUT2D eigenvalue weighted by atomic mass is 10.1. The Balaban J connectivity index is 1.93. The first-order chi connectivity index (χ1) is 14.3. The van der Waals surface area contributed by atoms with Crippen LogP contribution in [-0.2, 0) is 14.8 Å². The second-order valence-corrected chi connectivity index (χ2v) is 9.11. The molecule has 2 rings (SSSR count). The Morgan fingerprint density at radius 2 is 1.80 bits per heavy atom. The van der Waals surface area contributed by atoms with Crippen LogP contribution in [0.5, 0.6) is 5.75 Å². The molecule has 1 atom stereocenters. The van der Waals surface area contributed by atoms with Crippen molar-refractivity contribution in [2.24, 2.45) is 0 Å². The number of unbranched alkanes of at least 4 members (excludes halogenated alkanes) is 1. The van der Waals surface area contributed by atoms with Crippen LogP contribution in [0.4, 0.5) is 0 Å². The van der Waals surface area contributed by atoms with E-state index in [1.54, 1.807) is 34.6 Å². The average molecular weight is 443 g/mol. The summed E-state index contributed by atoms with van der Waals surface area (Å²) in [4.78, 5) is 26.3. The summed E-state index contributed by atoms with van der Waals surface area (Å²) in [5.41, 5.74) is 2.04. The van der Waals surface area contributed by atoms with Crippen molar-refractivity contribution in [3.63, 3.8) is 0 Å². The molecule has 3 N–H and O–H groups in total. The number of hydrogen-bond acceptors (Lipinski definition) is 7. The van der Waals surface area contributed by atoms with Crippen LogP contribution < -0.4 is 15.5 Å². The van der Waals surface area contributed by atoms with Crippen molar-refractivity contribution < 1.29 is 28.0 Å². The zero-order chi connectivity index (χ0) is 22.1. The van der Waals surface area contributed by atoms with E-state index in [1.807, 2.05) is 0 Å². The Labute approximate surface area is 177 Å². The highest BCUT2D eigenvalue weighted by molar-refractivity contribution is 7.88. The van der Waals surface area contributed by atoms with Crippen molar-refractivity contribution in [1.82, 2.24) is 20.0 Å². The summed E-state index contributed by atoms with van der Waals surface area (Å²) in [7, 11) is -3.30. The molecule has 0 saturated carbocycles. The zero-order valence-corrected chi connectivity index (χ0v) is 18.2. The summed E-state index contributed by atoms with van der Waals surface area (Å²) in [6.07, 6.45) is 3.13. The van der Waals surface area contributed by atoms with Gasteiger partial charge in [-0.25, -0.2) is 13.9 Å². The molecule has 0 bridgehead atoms. The minimum Gasteiger partial charge on any atom is -0.494 e. The Hall–Kier alpha value is -2.21. The minimum absolute atomic E-state index is 0.0289. The number of hydrogen-bond donors (Lipinski definition) is 3. The molecule has 1 aliphatic rings. The van der Waals surface area contributed by atoms with Gasteiger partial charge in [0.15, 0.2) is 0 Å². The molecule has 0 unspecified atom stereocenters. The Kier molecular flexibility index (Phi) is 9.03. The lowest BCUT2D eigenvalue weighted by Crippen LogP contribution is -2.58. The number of sulfonamides is 1. The van der Waals surface area contributed by atoms with E-state index in [9.17, 15) is 18.0 Å². The van der Waals surface area contributed by atoms with E-state index in [1.165, 1.54) is 4.31 Å². The number of carbonyl (C=O) groups is 2. The van der Waals surface area contributed by atoms with Gasteiger partial charge < -0.3 is 10.1 Å². The molecule has 11 heteroatoms. The standard InChI is InChI=1S/C19H30N4O6S/c1-3-4-13-29-16-7-5-15(6-8-16)18(24)20-14-17(19(25)21-26)22-9-11-23(12-10-22)30(2,27)28/h5-8,17,26H,3-4,9-14H2,1-2H3,(H,20,24)(H,21,25)/t17-/m0/s1. The molecule has 0 aromatic heterocycles. The van der Waals surface area contributed by atoms with Crippen LogP contribution in [0, 0.1) is 0 Å². The lowest BCUT2D eigenvalue weighted by molar-refractivity contribution is -0.135. The second-order valence-electron chi connectivity index (χ2n) is 7.13. The summed E-state index contributed by atoms with van der Waals surface area (Å²) in [6.45, 7) is 3.76. The molecule has 0 spiro atoms. The largest absolute Gasteiger partial charge is 0.494 e. The number of amides is 2. The Bertz CT molecular complexity index is 807. The van der Waals surface area contributed by atoms with Gasteiger partial charge in [0.05, 0.1) is 12.9 Å². The fourth-order valence-electron chi connectivity index (χ4n) is 3.14. The number of rotatable bonds is 10. The van der Waals surface area contributed by atoms with E-state index < -0.39 is 22.0 Å². The predicted molar refractivity (Wildman–Crippen MR) is 111 cm³/mol. The maximum atomic E-state index is 12.4. The highest BCUT2D eigenvalue weighted by Crippen LogP contribution is 2.13. The first kappa shape index (κ1) is 24.1. The van der Waals surface area contributed by atoms with Gasteiger partial charge in [0.1, 0.15) is 11.8 Å². The van der Waals surface area contributed by atoms with Gasteiger partial charge in [0.2, 0.25) is 10.0 Å². The molecule has 0 radical (unpaired) electrons. The van der Waals surface area contributed by atoms with Gasteiger partial charge in [-0.1, -0.05) is 13.3 Å². The van der Waals surface area contributed by atoms with Crippen molar-refractivity contribution in [3.05, 3.63) is 29.8 Å². The zero-order valence-electron chi connectivity index (χ0n) is 17.3. The molecule has 168 valence electrons. The number of benzene rings is 1. The van der Waals surface area contributed by atoms with Crippen molar-refractivity contribution >= 4 is 21.8 Å². The first-order valence-electron chi connectivity index (χ1n) is 9.90. The third kappa shape index (κ3) is 6.94. The molecule has 30 heavy (non-hydrogen) atoms. The number of nitrogens with zero attached hydrogens (tertiary/aromatic N) is 2. The van der Waals surface area contributed by atoms with Gasteiger partial charge in [0, 0.05) is 38.3 Å². The number of nitrogens with one attached hydrogen (secondary N) is 2. The van der Waals surface area contributed by atoms with Crippen LogP contribution in [0.2, 0.25) is 0 Å². The third-order valence-corrected chi connectivity index (χ3v) is 6.24. The van der Waals surface area contributed by atoms with Crippen LogP contribution in [0.3, 0.4) is 0 Å². The van der Waals surface area contributed by atoms with Crippen LogP contribution in [0.1, 0.15) is 30.1 Å². The minimum atomic E-state index is -3.30. The molecule has 1 saturated heterocycles. The Morgan fingerprint density at radius 3 is 2.33 bits per heavy atom. The summed E-state index contributed by atoms with van der Waals surface area (Å²) in [6, 6.07) is 5.89. The summed E-state index contributed by atoms with van der Waals surface area (Å²) < 4.78 is 30.2. The van der Waals surface area contributed by atoms with Gasteiger partial charge in [-0.3, -0.25) is 19.7 Å². The van der Waals surface area contributed by atoms with E-state index in [0.717, 1.165) is 19.1 Å². The number of piperazine rings is 1. The highest BCUT2D eigenvalue weighted by atomic mass is 32.2. The van der Waals surface area contributed by atoms with Crippen LogP contribution in [0.15, 0.2) is 24.3 Å². The monoisotopic (exact) mass is 442 g/mol. The highest BCUT2D eigenvalue weighted by Gasteiger charge is 2.31. The summed E-state index contributed by atoms with van der Waals surface area (Å²) in [5.74, 6) is -0.343. The average Bonchev–Trinajstić information content (AvgIpc) is 2.74. The van der Waals surface area contributed by atoms with Crippen molar-refractivity contribution in [2.45, 2.75) is 25.8 Å². The predicted octanol–water partition coefficient (Wildman–Crippen LogP) is 0.0465. The van der Waals surface area contributed by atoms with E-state index in [-0.39, 0.29) is 25.5 Å². The third-order valence-electron chi connectivity index (χ3n) is 4.93. The number of ether oxygens (including phenoxy) is 1. The lowest BCUT2D eigenvalue weighted by Gasteiger charge is -2.37. The van der Waals surface area contributed by atoms with Crippen molar-refractivity contribution in [2.75, 3.05) is 45.6 Å². The molecule has 1 aromatic carbocycles. The molecule has 0 aliphatic carbocycles. The van der Waals surface area contributed by atoms with Gasteiger partial charge in [-0.05, 0) is 30.7 Å². The molecular weight excluding hydrogens is 412 g/mol. The van der Waals surface area contributed by atoms with Crippen molar-refractivity contribution in [1.29, 1.82) is 0 Å². The maximum Gasteiger partial charge on any atom is 0.262 e. The van der Waals surface area contributed by atoms with Crippen LogP contribution >= 0.6 is 0 Å². The van der Waals surface area contributed by atoms with Gasteiger partial charge in [-0.2, -0.15) is 4.31 Å². The van der Waals surface area contributed by atoms with Crippen LogP contribution in [-0.4, -0.2) is 86.3 Å². The molecular formula is C19H30N4O6S. The van der Waals surface area contributed by atoms with Crippen LogP contribution in [0.25, 0.3) is 0 Å². The second kappa shape index (κ2) is 11.3. The summed E-state index contributed by atoms with van der Waals surface area (Å²) in [5, 5.41) is 11.8. The molecule has 10 nitrogen and oxygen atoms in total. The van der Waals surface area contributed by atoms with Gasteiger partial charge in [0.25, 0.3) is 11.8 Å². The van der Waals surface area contributed by atoms with Gasteiger partial charge in [-0.15, -0.1) is 0 Å². The first-order valence-corrected chi connectivity index (χ1v) is 11.7. The molecule has 1 fully saturated rings. The van der Waals surface area contributed by atoms with Gasteiger partial charge >= 0.3 is 0 Å². The van der Waals surface area contributed by atoms with E-state index in [4.69, 9.17) is 9.94 Å².